The molecule has 35 heavy (non-hydrogen) atoms. The lowest BCUT2D eigenvalue weighted by Gasteiger charge is -2.28. The Morgan fingerprint density at radius 2 is 1.60 bits per heavy atom. The number of carboxylic acids is 1. The minimum Gasteiger partial charge on any atom is -0.478 e. The molecule has 12 heteroatoms. The third-order valence-corrected chi connectivity index (χ3v) is 5.62. The largest absolute Gasteiger partial charge is 0.478 e. The van der Waals surface area contributed by atoms with E-state index in [2.05, 4.69) is 5.32 Å². The Morgan fingerprint density at radius 3 is 2.09 bits per heavy atom. The number of rotatable bonds is 9. The van der Waals surface area contributed by atoms with Gasteiger partial charge in [-0.05, 0) is 65.7 Å². The second-order valence-electron chi connectivity index (χ2n) is 10.1. The maximum atomic E-state index is 12.8. The molecule has 1 aromatic rings. The van der Waals surface area contributed by atoms with Crippen LogP contribution in [0, 0.1) is 0 Å². The van der Waals surface area contributed by atoms with Gasteiger partial charge in [-0.2, -0.15) is 0 Å². The molecular formula is C23H37N3O8S. The standard InChI is InChI=1S/C23H37N3O8S/c1-22(2,3)33-20(29)24-12-9-13-26(21(30)34-23(4,5)6)15-16-10-11-18(17(14-16)19(27)28)25(7)35(8,31)32/h10-11,14H,9,12-13,15H2,1-8H3,(H,24,29)(H,27,28). The summed E-state index contributed by atoms with van der Waals surface area (Å²) in [5, 5.41) is 12.3. The maximum Gasteiger partial charge on any atom is 0.410 e. The first-order valence-electron chi connectivity index (χ1n) is 11.0. The molecule has 0 saturated carbocycles. The van der Waals surface area contributed by atoms with E-state index in [-0.39, 0.29) is 30.9 Å². The molecule has 0 aliphatic carbocycles. The van der Waals surface area contributed by atoms with Gasteiger partial charge in [0.25, 0.3) is 0 Å². The molecule has 1 aromatic carbocycles. The van der Waals surface area contributed by atoms with E-state index < -0.39 is 39.4 Å². The first-order chi connectivity index (χ1) is 15.8. The summed E-state index contributed by atoms with van der Waals surface area (Å²) in [5.74, 6) is -1.30. The molecule has 0 atom stereocenters. The van der Waals surface area contributed by atoms with Crippen LogP contribution < -0.4 is 9.62 Å². The Bertz CT molecular complexity index is 1030. The van der Waals surface area contributed by atoms with Crippen LogP contribution in [-0.2, 0) is 26.0 Å². The average molecular weight is 516 g/mol. The van der Waals surface area contributed by atoms with Crippen LogP contribution in [0.15, 0.2) is 18.2 Å². The third kappa shape index (κ3) is 10.8. The number of amides is 2. The Balaban J connectivity index is 3.06. The fourth-order valence-corrected chi connectivity index (χ4v) is 3.38. The molecule has 0 heterocycles. The lowest BCUT2D eigenvalue weighted by Crippen LogP contribution is -2.39. The molecule has 0 spiro atoms. The minimum atomic E-state index is -3.67. The first kappa shape index (κ1) is 30.0. The number of alkyl carbamates (subject to hydrolysis) is 1. The number of anilines is 1. The van der Waals surface area contributed by atoms with Gasteiger partial charge in [-0.25, -0.2) is 22.8 Å². The van der Waals surface area contributed by atoms with Crippen LogP contribution in [0.25, 0.3) is 0 Å². The monoisotopic (exact) mass is 515 g/mol. The fraction of sp³-hybridized carbons (Fsp3) is 0.609. The highest BCUT2D eigenvalue weighted by atomic mass is 32.2. The highest BCUT2D eigenvalue weighted by Crippen LogP contribution is 2.24. The van der Waals surface area contributed by atoms with Crippen LogP contribution in [0.2, 0.25) is 0 Å². The van der Waals surface area contributed by atoms with E-state index in [0.29, 0.717) is 12.0 Å². The molecule has 2 N–H and O–H groups in total. The van der Waals surface area contributed by atoms with Gasteiger partial charge in [-0.3, -0.25) is 4.31 Å². The molecule has 0 aliphatic heterocycles. The van der Waals surface area contributed by atoms with Crippen molar-refractivity contribution >= 4 is 33.9 Å². The summed E-state index contributed by atoms with van der Waals surface area (Å²) >= 11 is 0. The Kier molecular flexibility index (Phi) is 9.95. The molecule has 0 bridgehead atoms. The minimum absolute atomic E-state index is 0.00845. The van der Waals surface area contributed by atoms with Gasteiger partial charge >= 0.3 is 18.2 Å². The number of nitrogens with zero attached hydrogens (tertiary/aromatic N) is 2. The highest BCUT2D eigenvalue weighted by molar-refractivity contribution is 7.92. The average Bonchev–Trinajstić information content (AvgIpc) is 2.66. The van der Waals surface area contributed by atoms with Crippen molar-refractivity contribution in [2.24, 2.45) is 0 Å². The van der Waals surface area contributed by atoms with Gasteiger partial charge in [0, 0.05) is 26.7 Å². The number of hydrogen-bond donors (Lipinski definition) is 2. The smallest absolute Gasteiger partial charge is 0.410 e. The van der Waals surface area contributed by atoms with Crippen LogP contribution >= 0.6 is 0 Å². The molecule has 11 nitrogen and oxygen atoms in total. The van der Waals surface area contributed by atoms with Gasteiger partial charge in [0.15, 0.2) is 0 Å². The second kappa shape index (κ2) is 11.6. The topological polar surface area (TPSA) is 143 Å². The molecule has 0 unspecified atom stereocenters. The van der Waals surface area contributed by atoms with E-state index in [1.165, 1.54) is 24.1 Å². The molecule has 0 aliphatic rings. The molecule has 2 amide bonds. The van der Waals surface area contributed by atoms with Crippen molar-refractivity contribution in [1.29, 1.82) is 0 Å². The van der Waals surface area contributed by atoms with Gasteiger partial charge in [0.2, 0.25) is 10.0 Å². The van der Waals surface area contributed by atoms with Crippen molar-refractivity contribution in [2.45, 2.75) is 65.7 Å². The van der Waals surface area contributed by atoms with Crippen molar-refractivity contribution in [3.05, 3.63) is 29.3 Å². The molecule has 0 saturated heterocycles. The molecule has 1 rings (SSSR count). The van der Waals surface area contributed by atoms with Crippen LogP contribution in [0.4, 0.5) is 15.3 Å². The van der Waals surface area contributed by atoms with E-state index in [1.807, 2.05) is 0 Å². The number of ether oxygens (including phenoxy) is 2. The van der Waals surface area contributed by atoms with Gasteiger partial charge in [0.1, 0.15) is 11.2 Å². The zero-order valence-electron chi connectivity index (χ0n) is 21.7. The summed E-state index contributed by atoms with van der Waals surface area (Å²) in [6.07, 6.45) is 0.184. The Hall–Kier alpha value is -3.02. The van der Waals surface area contributed by atoms with Gasteiger partial charge in [0.05, 0.1) is 17.5 Å². The highest BCUT2D eigenvalue weighted by Gasteiger charge is 2.24. The van der Waals surface area contributed by atoms with Crippen LogP contribution in [0.5, 0.6) is 0 Å². The summed E-state index contributed by atoms with van der Waals surface area (Å²) in [5.41, 5.74) is -1.12. The van der Waals surface area contributed by atoms with E-state index in [9.17, 15) is 27.9 Å². The number of sulfonamides is 1. The molecule has 0 radical (unpaired) electrons. The normalized spacial score (nSPS) is 12.0. The molecule has 0 aromatic heterocycles. The third-order valence-electron chi connectivity index (χ3n) is 4.43. The summed E-state index contributed by atoms with van der Waals surface area (Å²) in [6.45, 7) is 10.9. The predicted molar refractivity (Wildman–Crippen MR) is 132 cm³/mol. The fourth-order valence-electron chi connectivity index (χ4n) is 2.86. The Morgan fingerprint density at radius 1 is 1.03 bits per heavy atom. The van der Waals surface area contributed by atoms with E-state index in [1.54, 1.807) is 47.6 Å². The zero-order valence-corrected chi connectivity index (χ0v) is 22.5. The van der Waals surface area contributed by atoms with Gasteiger partial charge < -0.3 is 24.8 Å². The molecule has 198 valence electrons. The van der Waals surface area contributed by atoms with E-state index in [0.717, 1.165) is 10.6 Å². The predicted octanol–water partition coefficient (Wildman–Crippen LogP) is 3.43. The first-order valence-corrected chi connectivity index (χ1v) is 12.9. The van der Waals surface area contributed by atoms with Gasteiger partial charge in [-0.1, -0.05) is 6.07 Å². The summed E-state index contributed by atoms with van der Waals surface area (Å²) in [4.78, 5) is 37.8. The SMILES string of the molecule is CN(c1ccc(CN(CCCNC(=O)OC(C)(C)C)C(=O)OC(C)(C)C)cc1C(=O)O)S(C)(=O)=O. The number of benzene rings is 1. The lowest BCUT2D eigenvalue weighted by molar-refractivity contribution is 0.0231. The molecular weight excluding hydrogens is 478 g/mol. The lowest BCUT2D eigenvalue weighted by atomic mass is 10.1. The van der Waals surface area contributed by atoms with Crippen molar-refractivity contribution < 1.29 is 37.4 Å². The van der Waals surface area contributed by atoms with Gasteiger partial charge in [-0.15, -0.1) is 0 Å². The van der Waals surface area contributed by atoms with Crippen molar-refractivity contribution in [3.63, 3.8) is 0 Å². The zero-order chi connectivity index (χ0) is 27.2. The number of aromatic carboxylic acids is 1. The number of hydrogen-bond acceptors (Lipinski definition) is 7. The van der Waals surface area contributed by atoms with Crippen LogP contribution in [0.1, 0.15) is 63.9 Å². The number of carboxylic acid groups (broad SMARTS) is 1. The summed E-state index contributed by atoms with van der Waals surface area (Å²) in [6, 6.07) is 4.27. The summed E-state index contributed by atoms with van der Waals surface area (Å²) < 4.78 is 35.3. The quantitative estimate of drug-likeness (QED) is 0.476. The van der Waals surface area contributed by atoms with E-state index >= 15 is 0 Å². The number of nitrogens with one attached hydrogen (secondary N) is 1. The van der Waals surface area contributed by atoms with E-state index in [4.69, 9.17) is 9.47 Å². The molecule has 0 fully saturated rings. The number of carbonyl (C=O) groups excluding carboxylic acids is 2. The van der Waals surface area contributed by atoms with Crippen molar-refractivity contribution in [1.82, 2.24) is 10.2 Å². The maximum absolute atomic E-state index is 12.8. The number of carbonyl (C=O) groups is 3. The van der Waals surface area contributed by atoms with Crippen molar-refractivity contribution in [2.75, 3.05) is 30.7 Å². The van der Waals surface area contributed by atoms with Crippen molar-refractivity contribution in [3.8, 4) is 0 Å². The Labute approximate surface area is 207 Å². The second-order valence-corrected chi connectivity index (χ2v) is 12.1. The van der Waals surface area contributed by atoms with Crippen LogP contribution in [-0.4, -0.2) is 74.2 Å². The summed E-state index contributed by atoms with van der Waals surface area (Å²) in [7, 11) is -2.41. The van der Waals surface area contributed by atoms with Crippen LogP contribution in [0.3, 0.4) is 0 Å².